The van der Waals surface area contributed by atoms with Crippen molar-refractivity contribution >= 4 is 27.8 Å². The van der Waals surface area contributed by atoms with Crippen LogP contribution in [0.2, 0.25) is 0 Å². The van der Waals surface area contributed by atoms with Crippen LogP contribution in [-0.4, -0.2) is 50.7 Å². The molecular formula is C19H20N2O6S. The molecule has 0 aliphatic rings. The van der Waals surface area contributed by atoms with E-state index in [-0.39, 0.29) is 10.5 Å². The van der Waals surface area contributed by atoms with Gasteiger partial charge in [-0.05, 0) is 31.2 Å². The van der Waals surface area contributed by atoms with Crippen molar-refractivity contribution in [3.05, 3.63) is 65.7 Å². The van der Waals surface area contributed by atoms with Crippen molar-refractivity contribution in [2.45, 2.75) is 11.8 Å². The van der Waals surface area contributed by atoms with Gasteiger partial charge in [0, 0.05) is 12.6 Å². The second kappa shape index (κ2) is 9.25. The first-order valence-electron chi connectivity index (χ1n) is 8.28. The SMILES string of the molecule is Cc1ccc(S(=O)(=O)N(C)CC(=O)OCC(=O)NC(=O)c2ccccc2)cc1. The van der Waals surface area contributed by atoms with Crippen molar-refractivity contribution in [2.75, 3.05) is 20.2 Å². The number of ether oxygens (including phenoxy) is 1. The molecular weight excluding hydrogens is 384 g/mol. The van der Waals surface area contributed by atoms with Crippen LogP contribution in [0.25, 0.3) is 0 Å². The van der Waals surface area contributed by atoms with Crippen LogP contribution in [0.1, 0.15) is 15.9 Å². The molecule has 0 spiro atoms. The first-order valence-corrected chi connectivity index (χ1v) is 9.72. The molecule has 0 bridgehead atoms. The lowest BCUT2D eigenvalue weighted by Gasteiger charge is -2.16. The smallest absolute Gasteiger partial charge is 0.321 e. The molecule has 2 amide bonds. The normalized spacial score (nSPS) is 11.1. The number of hydrogen-bond acceptors (Lipinski definition) is 6. The summed E-state index contributed by atoms with van der Waals surface area (Å²) in [5.41, 5.74) is 1.18. The fraction of sp³-hybridized carbons (Fsp3) is 0.211. The van der Waals surface area contributed by atoms with E-state index in [1.165, 1.54) is 31.3 Å². The summed E-state index contributed by atoms with van der Waals surface area (Å²) in [6, 6.07) is 14.2. The maximum absolute atomic E-state index is 12.4. The van der Waals surface area contributed by atoms with E-state index in [9.17, 15) is 22.8 Å². The first-order chi connectivity index (χ1) is 13.2. The number of amides is 2. The van der Waals surface area contributed by atoms with Gasteiger partial charge in [-0.2, -0.15) is 4.31 Å². The number of esters is 1. The third kappa shape index (κ3) is 5.73. The average Bonchev–Trinajstić information content (AvgIpc) is 2.67. The summed E-state index contributed by atoms with van der Waals surface area (Å²) in [7, 11) is -2.63. The van der Waals surface area contributed by atoms with Crippen molar-refractivity contribution in [1.29, 1.82) is 0 Å². The van der Waals surface area contributed by atoms with E-state index in [1.807, 2.05) is 6.92 Å². The number of aryl methyl sites for hydroxylation is 1. The molecule has 8 nitrogen and oxygen atoms in total. The maximum Gasteiger partial charge on any atom is 0.321 e. The zero-order chi connectivity index (χ0) is 20.7. The molecule has 0 aromatic heterocycles. The largest absolute Gasteiger partial charge is 0.455 e. The van der Waals surface area contributed by atoms with Crippen LogP contribution in [0.5, 0.6) is 0 Å². The molecule has 28 heavy (non-hydrogen) atoms. The van der Waals surface area contributed by atoms with Gasteiger partial charge in [-0.15, -0.1) is 0 Å². The molecule has 0 aliphatic heterocycles. The Morgan fingerprint density at radius 3 is 2.21 bits per heavy atom. The monoisotopic (exact) mass is 404 g/mol. The standard InChI is InChI=1S/C19H20N2O6S/c1-14-8-10-16(11-9-14)28(25,26)21(2)12-18(23)27-13-17(22)20-19(24)15-6-4-3-5-7-15/h3-11H,12-13H2,1-2H3,(H,20,22,24). The lowest BCUT2D eigenvalue weighted by molar-refractivity contribution is -0.148. The predicted octanol–water partition coefficient (Wildman–Crippen LogP) is 1.12. The van der Waals surface area contributed by atoms with Gasteiger partial charge in [0.15, 0.2) is 6.61 Å². The maximum atomic E-state index is 12.4. The van der Waals surface area contributed by atoms with E-state index >= 15 is 0 Å². The molecule has 0 heterocycles. The van der Waals surface area contributed by atoms with Crippen molar-refractivity contribution in [3.63, 3.8) is 0 Å². The quantitative estimate of drug-likeness (QED) is 0.693. The van der Waals surface area contributed by atoms with Gasteiger partial charge in [0.25, 0.3) is 11.8 Å². The summed E-state index contributed by atoms with van der Waals surface area (Å²) in [6.07, 6.45) is 0. The highest BCUT2D eigenvalue weighted by Crippen LogP contribution is 2.14. The minimum atomic E-state index is -3.87. The number of rotatable bonds is 7. The number of sulfonamides is 1. The molecule has 0 aliphatic carbocycles. The van der Waals surface area contributed by atoms with Gasteiger partial charge in [0.1, 0.15) is 6.54 Å². The molecule has 2 aromatic rings. The number of likely N-dealkylation sites (N-methyl/N-ethyl adjacent to an activating group) is 1. The average molecular weight is 404 g/mol. The van der Waals surface area contributed by atoms with Crippen LogP contribution in [0.15, 0.2) is 59.5 Å². The summed E-state index contributed by atoms with van der Waals surface area (Å²) < 4.78 is 30.4. The lowest BCUT2D eigenvalue weighted by Crippen LogP contribution is -2.37. The minimum absolute atomic E-state index is 0.0413. The summed E-state index contributed by atoms with van der Waals surface area (Å²) in [5.74, 6) is -2.35. The molecule has 9 heteroatoms. The van der Waals surface area contributed by atoms with Crippen LogP contribution >= 0.6 is 0 Å². The summed E-state index contributed by atoms with van der Waals surface area (Å²) in [5, 5.41) is 2.08. The van der Waals surface area contributed by atoms with Gasteiger partial charge in [0.05, 0.1) is 4.90 Å². The summed E-state index contributed by atoms with van der Waals surface area (Å²) in [4.78, 5) is 35.4. The Morgan fingerprint density at radius 1 is 1.00 bits per heavy atom. The molecule has 2 aromatic carbocycles. The van der Waals surface area contributed by atoms with E-state index in [0.29, 0.717) is 0 Å². The van der Waals surface area contributed by atoms with Gasteiger partial charge in [-0.3, -0.25) is 19.7 Å². The molecule has 0 saturated carbocycles. The number of hydrogen-bond donors (Lipinski definition) is 1. The Labute approximate surface area is 163 Å². The Kier molecular flexibility index (Phi) is 7.02. The summed E-state index contributed by atoms with van der Waals surface area (Å²) >= 11 is 0. The molecule has 0 unspecified atom stereocenters. The minimum Gasteiger partial charge on any atom is -0.455 e. The molecule has 0 saturated heterocycles. The zero-order valence-corrected chi connectivity index (χ0v) is 16.2. The van der Waals surface area contributed by atoms with Crippen LogP contribution in [0.4, 0.5) is 0 Å². The van der Waals surface area contributed by atoms with E-state index in [2.05, 4.69) is 5.32 Å². The first kappa shape index (κ1) is 21.3. The van der Waals surface area contributed by atoms with Gasteiger partial charge < -0.3 is 4.74 Å². The number of nitrogens with zero attached hydrogens (tertiary/aromatic N) is 1. The van der Waals surface area contributed by atoms with E-state index in [4.69, 9.17) is 4.74 Å². The number of carbonyl (C=O) groups excluding carboxylic acids is 3. The fourth-order valence-electron chi connectivity index (χ4n) is 2.17. The molecule has 0 radical (unpaired) electrons. The lowest BCUT2D eigenvalue weighted by atomic mass is 10.2. The van der Waals surface area contributed by atoms with Crippen LogP contribution < -0.4 is 5.32 Å². The Balaban J connectivity index is 1.85. The Bertz CT molecular complexity index is 956. The molecule has 0 fully saturated rings. The van der Waals surface area contributed by atoms with Crippen molar-refractivity contribution in [1.82, 2.24) is 9.62 Å². The van der Waals surface area contributed by atoms with E-state index < -0.39 is 41.0 Å². The number of benzene rings is 2. The van der Waals surface area contributed by atoms with Crippen molar-refractivity contribution in [2.24, 2.45) is 0 Å². The Hall–Kier alpha value is -3.04. The van der Waals surface area contributed by atoms with Crippen molar-refractivity contribution in [3.8, 4) is 0 Å². The number of imide groups is 1. The van der Waals surface area contributed by atoms with Crippen molar-refractivity contribution < 1.29 is 27.5 Å². The third-order valence-corrected chi connectivity index (χ3v) is 5.55. The molecule has 0 atom stereocenters. The summed E-state index contributed by atoms with van der Waals surface area (Å²) in [6.45, 7) is 0.553. The van der Waals surface area contributed by atoms with Crippen LogP contribution in [0, 0.1) is 6.92 Å². The van der Waals surface area contributed by atoms with Gasteiger partial charge >= 0.3 is 5.97 Å². The topological polar surface area (TPSA) is 110 Å². The van der Waals surface area contributed by atoms with Gasteiger partial charge in [-0.1, -0.05) is 35.9 Å². The van der Waals surface area contributed by atoms with E-state index in [1.54, 1.807) is 30.3 Å². The molecule has 2 rings (SSSR count). The fourth-order valence-corrected chi connectivity index (χ4v) is 3.29. The number of carbonyl (C=O) groups is 3. The number of nitrogens with one attached hydrogen (secondary N) is 1. The third-order valence-electron chi connectivity index (χ3n) is 3.73. The highest BCUT2D eigenvalue weighted by molar-refractivity contribution is 7.89. The molecule has 148 valence electrons. The van der Waals surface area contributed by atoms with E-state index in [0.717, 1.165) is 9.87 Å². The highest BCUT2D eigenvalue weighted by Gasteiger charge is 2.24. The van der Waals surface area contributed by atoms with Gasteiger partial charge in [-0.25, -0.2) is 8.42 Å². The molecule has 1 N–H and O–H groups in total. The van der Waals surface area contributed by atoms with Crippen LogP contribution in [0.3, 0.4) is 0 Å². The second-order valence-electron chi connectivity index (χ2n) is 5.98. The Morgan fingerprint density at radius 2 is 1.61 bits per heavy atom. The van der Waals surface area contributed by atoms with Gasteiger partial charge in [0.2, 0.25) is 10.0 Å². The second-order valence-corrected chi connectivity index (χ2v) is 8.02. The zero-order valence-electron chi connectivity index (χ0n) is 15.4. The highest BCUT2D eigenvalue weighted by atomic mass is 32.2. The van der Waals surface area contributed by atoms with Crippen LogP contribution in [-0.2, 0) is 24.3 Å². The predicted molar refractivity (Wildman–Crippen MR) is 101 cm³/mol.